The lowest BCUT2D eigenvalue weighted by Crippen LogP contribution is -2.13. The number of carbonyl (C=O) groups is 2. The number of benzene rings is 3. The van der Waals surface area contributed by atoms with E-state index in [1.165, 1.54) is 0 Å². The number of halogens is 1. The molecule has 36 heavy (non-hydrogen) atoms. The first-order chi connectivity index (χ1) is 16.9. The van der Waals surface area contributed by atoms with Crippen LogP contribution in [0.1, 0.15) is 21.5 Å². The van der Waals surface area contributed by atoms with Gasteiger partial charge in [0.15, 0.2) is 5.78 Å². The Morgan fingerprint density at radius 1 is 0.917 bits per heavy atom. The number of nitrogens with two attached hydrogens (primary N) is 1. The Morgan fingerprint density at radius 2 is 1.58 bits per heavy atom. The standard InChI is InChI=1S/C25H20N6O4.ClH/c26-22(32)14-16-10-12-18(13-11-16)28-25-27-15-21(31(34)35)24(30-25)29-20-9-5-4-8-19(20)23(33)17-6-2-1-3-7-17;/h1-13,15H,14H2,(H2,26,32)(H2,27,28,29,30);1H. The van der Waals surface area contributed by atoms with E-state index in [1.807, 2.05) is 6.07 Å². The summed E-state index contributed by atoms with van der Waals surface area (Å²) < 4.78 is 0. The molecule has 1 amide bonds. The van der Waals surface area contributed by atoms with E-state index in [0.717, 1.165) is 11.8 Å². The number of nitrogens with zero attached hydrogens (tertiary/aromatic N) is 3. The highest BCUT2D eigenvalue weighted by atomic mass is 35.5. The topological polar surface area (TPSA) is 153 Å². The number of rotatable bonds is 9. The number of anilines is 4. The van der Waals surface area contributed by atoms with Crippen molar-refractivity contribution in [2.24, 2.45) is 5.73 Å². The van der Waals surface area contributed by atoms with Gasteiger partial charge in [-0.15, -0.1) is 12.4 Å². The molecule has 4 rings (SSSR count). The summed E-state index contributed by atoms with van der Waals surface area (Å²) in [6.07, 6.45) is 1.20. The summed E-state index contributed by atoms with van der Waals surface area (Å²) >= 11 is 0. The van der Waals surface area contributed by atoms with Crippen molar-refractivity contribution in [3.05, 3.63) is 112 Å². The van der Waals surface area contributed by atoms with Crippen molar-refractivity contribution >= 4 is 52.9 Å². The lowest BCUT2D eigenvalue weighted by molar-refractivity contribution is -0.384. The Hall–Kier alpha value is -4.83. The average Bonchev–Trinajstić information content (AvgIpc) is 2.85. The van der Waals surface area contributed by atoms with Gasteiger partial charge in [0.25, 0.3) is 0 Å². The third-order valence-electron chi connectivity index (χ3n) is 5.02. The number of hydrogen-bond acceptors (Lipinski definition) is 8. The molecular formula is C25H21ClN6O4. The van der Waals surface area contributed by atoms with Crippen molar-refractivity contribution in [3.8, 4) is 0 Å². The number of aromatic nitrogens is 2. The van der Waals surface area contributed by atoms with Crippen molar-refractivity contribution < 1.29 is 14.5 Å². The summed E-state index contributed by atoms with van der Waals surface area (Å²) in [6, 6.07) is 22.3. The molecule has 0 aliphatic carbocycles. The molecule has 10 nitrogen and oxygen atoms in total. The molecule has 0 radical (unpaired) electrons. The van der Waals surface area contributed by atoms with Crippen LogP contribution in [0.3, 0.4) is 0 Å². The summed E-state index contributed by atoms with van der Waals surface area (Å²) in [6.45, 7) is 0. The molecule has 0 bridgehead atoms. The maximum atomic E-state index is 13.0. The molecule has 4 N–H and O–H groups in total. The van der Waals surface area contributed by atoms with Crippen LogP contribution in [0.2, 0.25) is 0 Å². The number of nitro groups is 1. The molecule has 0 saturated carbocycles. The van der Waals surface area contributed by atoms with Gasteiger partial charge in [-0.05, 0) is 29.8 Å². The zero-order valence-corrected chi connectivity index (χ0v) is 19.6. The van der Waals surface area contributed by atoms with Gasteiger partial charge in [-0.1, -0.05) is 54.6 Å². The third kappa shape index (κ3) is 6.19. The van der Waals surface area contributed by atoms with Gasteiger partial charge in [0.1, 0.15) is 6.20 Å². The average molecular weight is 505 g/mol. The van der Waals surface area contributed by atoms with E-state index in [4.69, 9.17) is 5.73 Å². The van der Waals surface area contributed by atoms with Crippen LogP contribution in [0.5, 0.6) is 0 Å². The fraction of sp³-hybridized carbons (Fsp3) is 0.0400. The fourth-order valence-electron chi connectivity index (χ4n) is 3.36. The van der Waals surface area contributed by atoms with Gasteiger partial charge < -0.3 is 16.4 Å². The van der Waals surface area contributed by atoms with Crippen LogP contribution in [0.25, 0.3) is 0 Å². The Kier molecular flexibility index (Phi) is 8.26. The van der Waals surface area contributed by atoms with Gasteiger partial charge in [0.05, 0.1) is 17.0 Å². The molecular weight excluding hydrogens is 484 g/mol. The minimum absolute atomic E-state index is 0. The molecule has 0 atom stereocenters. The number of ketones is 1. The van der Waals surface area contributed by atoms with Gasteiger partial charge >= 0.3 is 5.69 Å². The highest BCUT2D eigenvalue weighted by molar-refractivity contribution is 6.12. The van der Waals surface area contributed by atoms with E-state index in [9.17, 15) is 19.7 Å². The van der Waals surface area contributed by atoms with Crippen molar-refractivity contribution in [2.75, 3.05) is 10.6 Å². The second-order valence-electron chi connectivity index (χ2n) is 7.52. The van der Waals surface area contributed by atoms with Crippen LogP contribution in [-0.4, -0.2) is 26.6 Å². The van der Waals surface area contributed by atoms with Gasteiger partial charge in [-0.3, -0.25) is 19.7 Å². The van der Waals surface area contributed by atoms with E-state index in [-0.39, 0.29) is 42.1 Å². The molecule has 4 aromatic rings. The van der Waals surface area contributed by atoms with Crippen LogP contribution in [0, 0.1) is 10.1 Å². The van der Waals surface area contributed by atoms with Crippen molar-refractivity contribution in [1.29, 1.82) is 0 Å². The van der Waals surface area contributed by atoms with Gasteiger partial charge in [0.2, 0.25) is 17.7 Å². The van der Waals surface area contributed by atoms with Gasteiger partial charge in [-0.2, -0.15) is 4.98 Å². The Bertz CT molecular complexity index is 1400. The first-order valence-corrected chi connectivity index (χ1v) is 10.5. The lowest BCUT2D eigenvalue weighted by atomic mass is 10.0. The smallest absolute Gasteiger partial charge is 0.329 e. The zero-order valence-electron chi connectivity index (χ0n) is 18.8. The minimum Gasteiger partial charge on any atom is -0.369 e. The van der Waals surface area contributed by atoms with Gasteiger partial charge in [0, 0.05) is 16.8 Å². The van der Waals surface area contributed by atoms with Crippen molar-refractivity contribution in [3.63, 3.8) is 0 Å². The van der Waals surface area contributed by atoms with Crippen molar-refractivity contribution in [2.45, 2.75) is 6.42 Å². The minimum atomic E-state index is -0.605. The van der Waals surface area contributed by atoms with Crippen LogP contribution >= 0.6 is 12.4 Å². The largest absolute Gasteiger partial charge is 0.369 e. The zero-order chi connectivity index (χ0) is 24.8. The second kappa shape index (κ2) is 11.5. The SMILES string of the molecule is Cl.NC(=O)Cc1ccc(Nc2ncc([N+](=O)[O-])c(Nc3ccccc3C(=O)c3ccccc3)n2)cc1. The molecule has 0 spiro atoms. The Morgan fingerprint density at radius 3 is 2.25 bits per heavy atom. The predicted octanol–water partition coefficient (Wildman–Crippen LogP) is 4.55. The first kappa shape index (κ1) is 25.8. The van der Waals surface area contributed by atoms with Crippen LogP contribution < -0.4 is 16.4 Å². The fourth-order valence-corrected chi connectivity index (χ4v) is 3.36. The number of primary amides is 1. The molecule has 182 valence electrons. The molecule has 1 aromatic heterocycles. The van der Waals surface area contributed by atoms with Crippen LogP contribution in [0.15, 0.2) is 85.1 Å². The summed E-state index contributed by atoms with van der Waals surface area (Å²) in [5.74, 6) is -0.648. The number of para-hydroxylation sites is 1. The second-order valence-corrected chi connectivity index (χ2v) is 7.52. The van der Waals surface area contributed by atoms with Crippen LogP contribution in [0.4, 0.5) is 28.8 Å². The lowest BCUT2D eigenvalue weighted by Gasteiger charge is -2.12. The molecule has 0 aliphatic rings. The molecule has 11 heteroatoms. The summed E-state index contributed by atoms with van der Waals surface area (Å²) in [5, 5.41) is 17.5. The predicted molar refractivity (Wildman–Crippen MR) is 138 cm³/mol. The quantitative estimate of drug-likeness (QED) is 0.170. The van der Waals surface area contributed by atoms with E-state index < -0.39 is 10.8 Å². The molecule has 3 aromatic carbocycles. The first-order valence-electron chi connectivity index (χ1n) is 10.5. The number of carbonyl (C=O) groups excluding carboxylic acids is 2. The maximum Gasteiger partial charge on any atom is 0.329 e. The van der Waals surface area contributed by atoms with Crippen molar-refractivity contribution in [1.82, 2.24) is 9.97 Å². The van der Waals surface area contributed by atoms with Gasteiger partial charge in [-0.25, -0.2) is 4.98 Å². The summed E-state index contributed by atoms with van der Waals surface area (Å²) in [5.41, 5.74) is 7.40. The summed E-state index contributed by atoms with van der Waals surface area (Å²) in [7, 11) is 0. The molecule has 0 unspecified atom stereocenters. The highest BCUT2D eigenvalue weighted by Gasteiger charge is 2.20. The molecule has 1 heterocycles. The summed E-state index contributed by atoms with van der Waals surface area (Å²) in [4.78, 5) is 43.4. The Labute approximate surface area is 212 Å². The van der Waals surface area contributed by atoms with E-state index >= 15 is 0 Å². The normalized spacial score (nSPS) is 10.1. The van der Waals surface area contributed by atoms with E-state index in [2.05, 4.69) is 20.6 Å². The maximum absolute atomic E-state index is 13.0. The third-order valence-corrected chi connectivity index (χ3v) is 5.02. The van der Waals surface area contributed by atoms with Crippen LogP contribution in [-0.2, 0) is 11.2 Å². The molecule has 0 fully saturated rings. The number of nitrogens with one attached hydrogen (secondary N) is 2. The highest BCUT2D eigenvalue weighted by Crippen LogP contribution is 2.29. The molecule has 0 saturated heterocycles. The Balaban J connectivity index is 0.00000361. The molecule has 0 aliphatic heterocycles. The number of hydrogen-bond donors (Lipinski definition) is 3. The van der Waals surface area contributed by atoms with E-state index in [1.54, 1.807) is 72.8 Å². The number of amides is 1. The monoisotopic (exact) mass is 504 g/mol. The van der Waals surface area contributed by atoms with E-state index in [0.29, 0.717) is 22.5 Å².